The quantitative estimate of drug-likeness (QED) is 0.827. The first-order valence-electron chi connectivity index (χ1n) is 9.17. The first-order valence-corrected chi connectivity index (χ1v) is 9.17. The molecule has 132 valence electrons. The van der Waals surface area contributed by atoms with E-state index in [4.69, 9.17) is 9.47 Å². The van der Waals surface area contributed by atoms with E-state index in [0.717, 1.165) is 23.1 Å². The molecule has 24 heavy (non-hydrogen) atoms. The summed E-state index contributed by atoms with van der Waals surface area (Å²) in [5.74, 6) is 3.13. The lowest BCUT2D eigenvalue weighted by molar-refractivity contribution is 0.0914. The van der Waals surface area contributed by atoms with Crippen molar-refractivity contribution >= 4 is 5.91 Å². The second-order valence-corrected chi connectivity index (χ2v) is 7.26. The Morgan fingerprint density at radius 3 is 2.79 bits per heavy atom. The molecule has 3 rings (SSSR count). The van der Waals surface area contributed by atoms with Crippen LogP contribution in [-0.2, 0) is 11.3 Å². The molecule has 4 nitrogen and oxygen atoms in total. The molecular formula is C20H29NO3. The number of benzene rings is 1. The van der Waals surface area contributed by atoms with Crippen molar-refractivity contribution in [3.63, 3.8) is 0 Å². The first-order chi connectivity index (χ1) is 11.6. The molecule has 0 aromatic heterocycles. The van der Waals surface area contributed by atoms with E-state index in [1.54, 1.807) is 7.11 Å². The highest BCUT2D eigenvalue weighted by molar-refractivity contribution is 5.94. The normalized spacial score (nSPS) is 26.4. The summed E-state index contributed by atoms with van der Waals surface area (Å²) in [5.41, 5.74) is 1.60. The first kappa shape index (κ1) is 17.3. The number of rotatable bonds is 7. The molecule has 0 radical (unpaired) electrons. The summed E-state index contributed by atoms with van der Waals surface area (Å²) < 4.78 is 10.8. The third-order valence-corrected chi connectivity index (χ3v) is 5.80. The molecule has 1 aromatic carbocycles. The monoisotopic (exact) mass is 331 g/mol. The van der Waals surface area contributed by atoms with Gasteiger partial charge in [-0.1, -0.05) is 6.42 Å². The SMILES string of the molecule is CCOCc1cc(C(=O)N[C@@H](C)[C@@H]2C[C@H]3CC[C@H]2C3)ccc1OC. The lowest BCUT2D eigenvalue weighted by atomic mass is 9.84. The number of carbonyl (C=O) groups excluding carboxylic acids is 1. The van der Waals surface area contributed by atoms with Gasteiger partial charge in [0, 0.05) is 23.8 Å². The van der Waals surface area contributed by atoms with E-state index in [-0.39, 0.29) is 11.9 Å². The van der Waals surface area contributed by atoms with Crippen molar-refractivity contribution in [3.8, 4) is 5.75 Å². The third-order valence-electron chi connectivity index (χ3n) is 5.80. The molecule has 2 fully saturated rings. The fourth-order valence-electron chi connectivity index (χ4n) is 4.55. The van der Waals surface area contributed by atoms with Crippen LogP contribution in [0.1, 0.15) is 55.5 Å². The van der Waals surface area contributed by atoms with Gasteiger partial charge >= 0.3 is 0 Å². The minimum Gasteiger partial charge on any atom is -0.496 e. The number of hydrogen-bond donors (Lipinski definition) is 1. The number of ether oxygens (including phenoxy) is 2. The van der Waals surface area contributed by atoms with Gasteiger partial charge < -0.3 is 14.8 Å². The fraction of sp³-hybridized carbons (Fsp3) is 0.650. The summed E-state index contributed by atoms with van der Waals surface area (Å²) in [6, 6.07) is 5.81. The van der Waals surface area contributed by atoms with E-state index >= 15 is 0 Å². The molecule has 1 amide bonds. The van der Waals surface area contributed by atoms with Crippen molar-refractivity contribution in [2.75, 3.05) is 13.7 Å². The topological polar surface area (TPSA) is 47.6 Å². The van der Waals surface area contributed by atoms with Crippen molar-refractivity contribution in [1.29, 1.82) is 0 Å². The van der Waals surface area contributed by atoms with Crippen molar-refractivity contribution in [1.82, 2.24) is 5.32 Å². The van der Waals surface area contributed by atoms with Gasteiger partial charge in [0.15, 0.2) is 0 Å². The van der Waals surface area contributed by atoms with E-state index in [0.29, 0.717) is 24.7 Å². The fourth-order valence-corrected chi connectivity index (χ4v) is 4.55. The maximum atomic E-state index is 12.7. The highest BCUT2D eigenvalue weighted by atomic mass is 16.5. The van der Waals surface area contributed by atoms with Gasteiger partial charge in [-0.05, 0) is 69.1 Å². The molecule has 0 aliphatic heterocycles. The van der Waals surface area contributed by atoms with Crippen molar-refractivity contribution in [3.05, 3.63) is 29.3 Å². The van der Waals surface area contributed by atoms with Gasteiger partial charge in [0.25, 0.3) is 5.91 Å². The minimum atomic E-state index is 0.00525. The molecule has 0 saturated heterocycles. The van der Waals surface area contributed by atoms with Crippen LogP contribution in [0.4, 0.5) is 0 Å². The number of fused-ring (bicyclic) bond motifs is 2. The third kappa shape index (κ3) is 3.59. The molecule has 1 N–H and O–H groups in total. The highest BCUT2D eigenvalue weighted by Crippen LogP contribution is 2.49. The van der Waals surface area contributed by atoms with E-state index in [9.17, 15) is 4.79 Å². The largest absolute Gasteiger partial charge is 0.496 e. The minimum absolute atomic E-state index is 0.00525. The van der Waals surface area contributed by atoms with Crippen LogP contribution in [0.2, 0.25) is 0 Å². The number of nitrogens with one attached hydrogen (secondary N) is 1. The van der Waals surface area contributed by atoms with Crippen LogP contribution in [0.25, 0.3) is 0 Å². The molecule has 1 aromatic rings. The van der Waals surface area contributed by atoms with Gasteiger partial charge in [0.2, 0.25) is 0 Å². The predicted molar refractivity (Wildman–Crippen MR) is 94.2 cm³/mol. The van der Waals surface area contributed by atoms with Gasteiger partial charge in [-0.15, -0.1) is 0 Å². The summed E-state index contributed by atoms with van der Waals surface area (Å²) in [6.07, 6.45) is 5.38. The second-order valence-electron chi connectivity index (χ2n) is 7.26. The smallest absolute Gasteiger partial charge is 0.251 e. The maximum absolute atomic E-state index is 12.7. The molecule has 0 unspecified atom stereocenters. The average Bonchev–Trinajstić information content (AvgIpc) is 3.22. The number of amides is 1. The van der Waals surface area contributed by atoms with E-state index < -0.39 is 0 Å². The molecule has 2 aliphatic rings. The van der Waals surface area contributed by atoms with Crippen LogP contribution in [0, 0.1) is 17.8 Å². The van der Waals surface area contributed by atoms with E-state index in [1.165, 1.54) is 25.7 Å². The Bertz CT molecular complexity index is 586. The summed E-state index contributed by atoms with van der Waals surface area (Å²) in [6.45, 7) is 5.22. The molecule has 4 heteroatoms. The Labute approximate surface area is 144 Å². The van der Waals surface area contributed by atoms with Crippen LogP contribution in [0.15, 0.2) is 18.2 Å². The maximum Gasteiger partial charge on any atom is 0.251 e. The molecular weight excluding hydrogens is 302 g/mol. The van der Waals surface area contributed by atoms with E-state index in [2.05, 4.69) is 12.2 Å². The zero-order chi connectivity index (χ0) is 17.1. The Morgan fingerprint density at radius 2 is 2.17 bits per heavy atom. The van der Waals surface area contributed by atoms with Gasteiger partial charge in [-0.3, -0.25) is 4.79 Å². The number of hydrogen-bond acceptors (Lipinski definition) is 3. The number of carbonyl (C=O) groups is 1. The lowest BCUT2D eigenvalue weighted by Gasteiger charge is -2.28. The van der Waals surface area contributed by atoms with Gasteiger partial charge in [0.1, 0.15) is 5.75 Å². The molecule has 2 aliphatic carbocycles. The summed E-state index contributed by atoms with van der Waals surface area (Å²) >= 11 is 0. The zero-order valence-corrected chi connectivity index (χ0v) is 15.0. The second kappa shape index (κ2) is 7.56. The van der Waals surface area contributed by atoms with Crippen molar-refractivity contribution in [2.24, 2.45) is 17.8 Å². The Balaban J connectivity index is 1.65. The van der Waals surface area contributed by atoms with Crippen LogP contribution in [0.5, 0.6) is 5.75 Å². The number of methoxy groups -OCH3 is 1. The Morgan fingerprint density at radius 1 is 1.33 bits per heavy atom. The van der Waals surface area contributed by atoms with Crippen LogP contribution in [0.3, 0.4) is 0 Å². The standard InChI is InChI=1S/C20H29NO3/c1-4-24-12-17-11-16(7-8-19(17)23-3)20(22)21-13(2)18-10-14-5-6-15(18)9-14/h7-8,11,13-15,18H,4-6,9-10,12H2,1-3H3,(H,21,22)/t13-,14-,15-,18-/m0/s1. The molecule has 2 saturated carbocycles. The van der Waals surface area contributed by atoms with Crippen LogP contribution in [-0.4, -0.2) is 25.7 Å². The molecule has 4 atom stereocenters. The van der Waals surface area contributed by atoms with Crippen LogP contribution >= 0.6 is 0 Å². The highest BCUT2D eigenvalue weighted by Gasteiger charge is 2.42. The summed E-state index contributed by atoms with van der Waals surface area (Å²) in [5, 5.41) is 3.22. The summed E-state index contributed by atoms with van der Waals surface area (Å²) in [4.78, 5) is 12.7. The van der Waals surface area contributed by atoms with Gasteiger partial charge in [-0.25, -0.2) is 0 Å². The van der Waals surface area contributed by atoms with Crippen LogP contribution < -0.4 is 10.1 Å². The summed E-state index contributed by atoms with van der Waals surface area (Å²) in [7, 11) is 1.64. The molecule has 0 spiro atoms. The van der Waals surface area contributed by atoms with Gasteiger partial charge in [-0.2, -0.15) is 0 Å². The molecule has 0 heterocycles. The van der Waals surface area contributed by atoms with E-state index in [1.807, 2.05) is 25.1 Å². The van der Waals surface area contributed by atoms with Crippen molar-refractivity contribution < 1.29 is 14.3 Å². The zero-order valence-electron chi connectivity index (χ0n) is 15.0. The van der Waals surface area contributed by atoms with Gasteiger partial charge in [0.05, 0.1) is 13.7 Å². The average molecular weight is 331 g/mol. The Kier molecular flexibility index (Phi) is 5.44. The van der Waals surface area contributed by atoms with Crippen molar-refractivity contribution in [2.45, 2.75) is 52.2 Å². The Hall–Kier alpha value is -1.55. The molecule has 2 bridgehead atoms. The lowest BCUT2D eigenvalue weighted by Crippen LogP contribution is -2.40. The predicted octanol–water partition coefficient (Wildman–Crippen LogP) is 3.79.